The number of aliphatic hydroxyl groups excluding tert-OH is 3. The fourth-order valence-electron chi connectivity index (χ4n) is 7.06. The highest BCUT2D eigenvalue weighted by Crippen LogP contribution is 2.60. The van der Waals surface area contributed by atoms with Gasteiger partial charge in [0.25, 0.3) is 0 Å². The van der Waals surface area contributed by atoms with Crippen molar-refractivity contribution in [3.05, 3.63) is 83.5 Å². The molecule has 0 radical (unpaired) electrons. The van der Waals surface area contributed by atoms with Crippen LogP contribution in [0.15, 0.2) is 77.8 Å². The number of hydrogen-bond acceptors (Lipinski definition) is 16. The van der Waals surface area contributed by atoms with Gasteiger partial charge in [-0.2, -0.15) is 9.29 Å². The first-order valence-corrected chi connectivity index (χ1v) is 27.8. The van der Waals surface area contributed by atoms with Crippen LogP contribution in [0, 0.1) is 5.92 Å². The van der Waals surface area contributed by atoms with E-state index in [-0.39, 0.29) is 31.5 Å². The van der Waals surface area contributed by atoms with E-state index in [0.717, 1.165) is 68.0 Å². The standard InChI is InChI=1S/C49H81N3O16P2/c1-4-5-6-7-8-9-10-11-14-17-20-23-26-30-40(53)31-28-33-44(54)63-36-41(66-45(55)32-27-24-21-18-15-12-13-16-19-22-25-29-39(2)3)37-64-69(59,60)68-70(61,62)65-38-42-46(56)47(57)48(67-42)52-35-34-43(50)51-49(52)58/h5-6,8-9,11,14,20,23,26,30,34-35,39-42,46-48,53,56-57H,4,7,10,12-13,15-19,21-22,24-25,27-29,31-33,36-38H2,1-3H3,(H,59,60)(H,61,62)(H2,50,51,58)/b6-5-,9-8-,14-11-,23-20-,30-26+/t40?,41-,42-,46-,47-,48-/m1/s1. The first-order chi connectivity index (χ1) is 33.4. The molecule has 2 rings (SSSR count). The van der Waals surface area contributed by atoms with Gasteiger partial charge in [-0.25, -0.2) is 13.9 Å². The van der Waals surface area contributed by atoms with Crippen LogP contribution in [0.2, 0.25) is 0 Å². The van der Waals surface area contributed by atoms with E-state index in [2.05, 4.69) is 66.5 Å². The highest BCUT2D eigenvalue weighted by atomic mass is 31.3. The van der Waals surface area contributed by atoms with E-state index in [9.17, 15) is 48.6 Å². The maximum Gasteiger partial charge on any atom is 0.481 e. The number of nitrogens with two attached hydrogens (primary N) is 1. The number of hydrogen-bond donors (Lipinski definition) is 6. The Bertz CT molecular complexity index is 1940. The van der Waals surface area contributed by atoms with Crippen LogP contribution in [-0.4, -0.2) is 96.9 Å². The summed E-state index contributed by atoms with van der Waals surface area (Å²) in [6, 6.07) is 1.24. The minimum absolute atomic E-state index is 0.00816. The van der Waals surface area contributed by atoms with Crippen LogP contribution in [0.1, 0.15) is 155 Å². The van der Waals surface area contributed by atoms with Crippen molar-refractivity contribution >= 4 is 33.4 Å². The Morgan fingerprint density at radius 2 is 1.34 bits per heavy atom. The fraction of sp³-hybridized carbons (Fsp3) is 0.673. The third kappa shape index (κ3) is 29.7. The van der Waals surface area contributed by atoms with Crippen LogP contribution in [-0.2, 0) is 46.3 Å². The van der Waals surface area contributed by atoms with Crippen molar-refractivity contribution in [3.8, 4) is 0 Å². The van der Waals surface area contributed by atoms with Gasteiger partial charge in [0, 0.05) is 19.0 Å². The van der Waals surface area contributed by atoms with Crippen molar-refractivity contribution in [2.45, 2.75) is 186 Å². The number of phosphoric acid groups is 2. The van der Waals surface area contributed by atoms with Gasteiger partial charge < -0.3 is 45.1 Å². The Balaban J connectivity index is 1.86. The van der Waals surface area contributed by atoms with E-state index >= 15 is 0 Å². The maximum atomic E-state index is 12.9. The lowest BCUT2D eigenvalue weighted by atomic mass is 10.0. The smallest absolute Gasteiger partial charge is 0.462 e. The summed E-state index contributed by atoms with van der Waals surface area (Å²) in [6.07, 6.45) is 29.2. The zero-order valence-electron chi connectivity index (χ0n) is 41.3. The van der Waals surface area contributed by atoms with Gasteiger partial charge in [-0.3, -0.25) is 23.2 Å². The summed E-state index contributed by atoms with van der Waals surface area (Å²) in [5.41, 5.74) is 4.57. The van der Waals surface area contributed by atoms with Crippen molar-refractivity contribution in [3.63, 3.8) is 0 Å². The first-order valence-electron chi connectivity index (χ1n) is 24.8. The Kier molecular flexibility index (Phi) is 32.5. The summed E-state index contributed by atoms with van der Waals surface area (Å²) in [7, 11) is -10.9. The molecule has 1 fully saturated rings. The van der Waals surface area contributed by atoms with Crippen molar-refractivity contribution in [2.24, 2.45) is 5.92 Å². The van der Waals surface area contributed by atoms with Crippen LogP contribution in [0.25, 0.3) is 0 Å². The third-order valence-electron chi connectivity index (χ3n) is 10.9. The largest absolute Gasteiger partial charge is 0.481 e. The van der Waals surface area contributed by atoms with Crippen LogP contribution >= 0.6 is 15.6 Å². The van der Waals surface area contributed by atoms with Crippen LogP contribution < -0.4 is 11.4 Å². The topological polar surface area (TPSA) is 286 Å². The maximum absolute atomic E-state index is 12.9. The number of aliphatic hydroxyl groups is 3. The molecule has 398 valence electrons. The van der Waals surface area contributed by atoms with E-state index in [1.165, 1.54) is 51.0 Å². The Morgan fingerprint density at radius 1 is 0.771 bits per heavy atom. The number of rotatable bonds is 39. The van der Waals surface area contributed by atoms with Crippen molar-refractivity contribution in [1.29, 1.82) is 0 Å². The molecule has 0 aliphatic carbocycles. The van der Waals surface area contributed by atoms with E-state index in [0.29, 0.717) is 6.42 Å². The molecule has 1 aromatic rings. The molecule has 0 spiro atoms. The number of anilines is 1. The average Bonchev–Trinajstić information content (AvgIpc) is 3.58. The lowest BCUT2D eigenvalue weighted by molar-refractivity contribution is -0.161. The quantitative estimate of drug-likeness (QED) is 0.0118. The first kappa shape index (κ1) is 62.5. The number of aromatic nitrogens is 2. The molecule has 0 amide bonds. The van der Waals surface area contributed by atoms with Gasteiger partial charge in [0.05, 0.1) is 19.3 Å². The normalized spacial score (nSPS) is 20.3. The van der Waals surface area contributed by atoms with Crippen molar-refractivity contribution in [2.75, 3.05) is 25.6 Å². The van der Waals surface area contributed by atoms with E-state index in [1.807, 2.05) is 12.2 Å². The molecule has 0 bridgehead atoms. The molecule has 1 saturated heterocycles. The van der Waals surface area contributed by atoms with E-state index in [1.54, 1.807) is 12.2 Å². The molecular formula is C49H81N3O16P2. The van der Waals surface area contributed by atoms with Gasteiger partial charge >= 0.3 is 33.3 Å². The predicted octanol–water partition coefficient (Wildman–Crippen LogP) is 8.77. The fourth-order valence-corrected chi connectivity index (χ4v) is 9.17. The molecule has 1 aliphatic rings. The summed E-state index contributed by atoms with van der Waals surface area (Å²) in [6.45, 7) is 4.12. The molecule has 0 aromatic carbocycles. The number of phosphoric ester groups is 2. The number of nitrogen functional groups attached to an aromatic ring is 1. The average molecular weight is 1030 g/mol. The minimum atomic E-state index is -5.46. The number of nitrogens with zero attached hydrogens (tertiary/aromatic N) is 2. The summed E-state index contributed by atoms with van der Waals surface area (Å²) in [4.78, 5) is 61.9. The number of allylic oxidation sites excluding steroid dienone is 9. The molecule has 21 heteroatoms. The van der Waals surface area contributed by atoms with Gasteiger partial charge in [-0.05, 0) is 56.9 Å². The molecule has 7 N–H and O–H groups in total. The van der Waals surface area contributed by atoms with Gasteiger partial charge in [-0.1, -0.05) is 152 Å². The minimum Gasteiger partial charge on any atom is -0.462 e. The lowest BCUT2D eigenvalue weighted by Crippen LogP contribution is -2.36. The molecule has 19 nitrogen and oxygen atoms in total. The summed E-state index contributed by atoms with van der Waals surface area (Å²) in [5.74, 6) is -0.763. The summed E-state index contributed by atoms with van der Waals surface area (Å²) < 4.78 is 56.6. The van der Waals surface area contributed by atoms with Crippen molar-refractivity contribution in [1.82, 2.24) is 9.55 Å². The van der Waals surface area contributed by atoms with Gasteiger partial charge in [-0.15, -0.1) is 0 Å². The van der Waals surface area contributed by atoms with Gasteiger partial charge in [0.2, 0.25) is 0 Å². The second-order valence-electron chi connectivity index (χ2n) is 17.6. The monoisotopic (exact) mass is 1030 g/mol. The molecule has 70 heavy (non-hydrogen) atoms. The van der Waals surface area contributed by atoms with Gasteiger partial charge in [0.1, 0.15) is 30.7 Å². The number of carbonyl (C=O) groups is 2. The number of esters is 2. The highest BCUT2D eigenvalue weighted by Gasteiger charge is 2.46. The number of unbranched alkanes of at least 4 members (excludes halogenated alkanes) is 10. The molecular weight excluding hydrogens is 948 g/mol. The number of carbonyl (C=O) groups excluding carboxylic acids is 2. The van der Waals surface area contributed by atoms with Crippen LogP contribution in [0.4, 0.5) is 5.82 Å². The second kappa shape index (κ2) is 36.4. The Hall–Kier alpha value is -3.58. The lowest BCUT2D eigenvalue weighted by Gasteiger charge is -2.21. The van der Waals surface area contributed by atoms with Gasteiger partial charge in [0.15, 0.2) is 12.3 Å². The zero-order chi connectivity index (χ0) is 51.6. The van der Waals surface area contributed by atoms with E-state index < -0.39 is 89.8 Å². The summed E-state index contributed by atoms with van der Waals surface area (Å²) in [5, 5.41) is 31.2. The molecule has 3 unspecified atom stereocenters. The molecule has 1 aliphatic heterocycles. The van der Waals surface area contributed by atoms with Crippen molar-refractivity contribution < 1.29 is 71.4 Å². The third-order valence-corrected chi connectivity index (χ3v) is 13.5. The molecule has 8 atom stereocenters. The highest BCUT2D eigenvalue weighted by molar-refractivity contribution is 7.61. The zero-order valence-corrected chi connectivity index (χ0v) is 43.1. The molecule has 1 aromatic heterocycles. The van der Waals surface area contributed by atoms with Crippen LogP contribution in [0.5, 0.6) is 0 Å². The molecule has 0 saturated carbocycles. The number of ether oxygens (including phenoxy) is 3. The Labute approximate surface area is 414 Å². The Morgan fingerprint density at radius 3 is 1.96 bits per heavy atom. The van der Waals surface area contributed by atoms with E-state index in [4.69, 9.17) is 29.0 Å². The van der Waals surface area contributed by atoms with Crippen LogP contribution in [0.3, 0.4) is 0 Å². The predicted molar refractivity (Wildman–Crippen MR) is 267 cm³/mol. The summed E-state index contributed by atoms with van der Waals surface area (Å²) >= 11 is 0. The molecule has 2 heterocycles. The second-order valence-corrected chi connectivity index (χ2v) is 20.7. The SMILES string of the molecule is CC/C=C\C/C=C\C/C=C\C/C=C\C=C\C(O)CCCC(=O)OC[C@H](COP(=O)(O)OP(=O)(O)OC[C@H]1O[C@@H](n2ccc(N)nc2=O)[C@H](O)[C@@H]1O)OC(=O)CCCCCCCCCCCCCC(C)C.